The lowest BCUT2D eigenvalue weighted by Crippen LogP contribution is -2.37. The highest BCUT2D eigenvalue weighted by atomic mass is 16.1. The Morgan fingerprint density at radius 3 is 2.70 bits per heavy atom. The summed E-state index contributed by atoms with van der Waals surface area (Å²) in [5.74, 6) is 6.15. The fraction of sp³-hybridized carbons (Fsp3) is 0.471. The molecule has 0 aromatic heterocycles. The quantitative estimate of drug-likeness (QED) is 0.827. The van der Waals surface area contributed by atoms with Gasteiger partial charge in [-0.15, -0.1) is 0 Å². The van der Waals surface area contributed by atoms with E-state index in [9.17, 15) is 4.79 Å². The van der Waals surface area contributed by atoms with E-state index >= 15 is 0 Å². The second-order valence-electron chi connectivity index (χ2n) is 5.20. The van der Waals surface area contributed by atoms with Crippen molar-refractivity contribution in [1.29, 1.82) is 0 Å². The molecule has 0 bridgehead atoms. The minimum absolute atomic E-state index is 0.0668. The summed E-state index contributed by atoms with van der Waals surface area (Å²) in [6, 6.07) is 5.85. The van der Waals surface area contributed by atoms with Crippen LogP contribution in [0.5, 0.6) is 0 Å². The van der Waals surface area contributed by atoms with E-state index in [0.29, 0.717) is 11.5 Å². The first-order valence-corrected chi connectivity index (χ1v) is 7.10. The van der Waals surface area contributed by atoms with E-state index in [2.05, 4.69) is 31.0 Å². The van der Waals surface area contributed by atoms with Crippen molar-refractivity contribution in [2.24, 2.45) is 11.7 Å². The molecule has 0 saturated heterocycles. The van der Waals surface area contributed by atoms with E-state index in [0.717, 1.165) is 17.5 Å². The van der Waals surface area contributed by atoms with Crippen molar-refractivity contribution < 1.29 is 4.79 Å². The van der Waals surface area contributed by atoms with E-state index < -0.39 is 0 Å². The zero-order chi connectivity index (χ0) is 15.1. The number of carbonyl (C=O) groups is 1. The number of hydrogen-bond donors (Lipinski definition) is 2. The van der Waals surface area contributed by atoms with Gasteiger partial charge in [-0.2, -0.15) is 0 Å². The van der Waals surface area contributed by atoms with E-state index in [-0.39, 0.29) is 18.5 Å². The summed E-state index contributed by atoms with van der Waals surface area (Å²) in [6.45, 7) is 8.55. The molecule has 3 heteroatoms. The van der Waals surface area contributed by atoms with Gasteiger partial charge in [-0.3, -0.25) is 4.79 Å². The summed E-state index contributed by atoms with van der Waals surface area (Å²) in [4.78, 5) is 12.4. The summed E-state index contributed by atoms with van der Waals surface area (Å²) < 4.78 is 0. The lowest BCUT2D eigenvalue weighted by molar-refractivity contribution is 0.0928. The zero-order valence-corrected chi connectivity index (χ0v) is 12.8. The highest BCUT2D eigenvalue weighted by Gasteiger charge is 2.16. The highest BCUT2D eigenvalue weighted by molar-refractivity contribution is 5.97. The van der Waals surface area contributed by atoms with Gasteiger partial charge in [-0.05, 0) is 31.9 Å². The number of benzene rings is 1. The topological polar surface area (TPSA) is 55.1 Å². The van der Waals surface area contributed by atoms with Crippen LogP contribution in [0.2, 0.25) is 0 Å². The number of hydrogen-bond acceptors (Lipinski definition) is 2. The molecule has 0 fully saturated rings. The molecule has 1 amide bonds. The molecule has 2 atom stereocenters. The van der Waals surface area contributed by atoms with Gasteiger partial charge in [-0.25, -0.2) is 0 Å². The molecule has 3 nitrogen and oxygen atoms in total. The third-order valence-electron chi connectivity index (χ3n) is 3.60. The maximum atomic E-state index is 12.4. The van der Waals surface area contributed by atoms with Gasteiger partial charge in [0.25, 0.3) is 5.91 Å². The minimum Gasteiger partial charge on any atom is -0.349 e. The first kappa shape index (κ1) is 16.3. The number of rotatable bonds is 4. The molecule has 0 aliphatic heterocycles. The highest BCUT2D eigenvalue weighted by Crippen LogP contribution is 2.13. The summed E-state index contributed by atoms with van der Waals surface area (Å²) in [5.41, 5.74) is 7.80. The summed E-state index contributed by atoms with van der Waals surface area (Å²) in [5, 5.41) is 3.05. The zero-order valence-electron chi connectivity index (χ0n) is 12.8. The monoisotopic (exact) mass is 272 g/mol. The number of carbonyl (C=O) groups excluding carboxylic acids is 1. The predicted octanol–water partition coefficient (Wildman–Crippen LogP) is 2.47. The molecule has 108 valence electrons. The molecule has 1 aromatic carbocycles. The molecular formula is C17H24N2O. The first-order chi connectivity index (χ1) is 9.49. The molecule has 1 aromatic rings. The second-order valence-corrected chi connectivity index (χ2v) is 5.20. The molecule has 0 radical (unpaired) electrons. The third kappa shape index (κ3) is 4.40. The SMILES string of the molecule is CCC(C)C(C)NC(=O)c1cc(C)ccc1C#CCN. The molecule has 20 heavy (non-hydrogen) atoms. The van der Waals surface area contributed by atoms with Crippen LogP contribution in [0.1, 0.15) is 48.7 Å². The molecule has 0 heterocycles. The van der Waals surface area contributed by atoms with Gasteiger partial charge in [0.05, 0.1) is 12.1 Å². The fourth-order valence-electron chi connectivity index (χ4n) is 1.88. The van der Waals surface area contributed by atoms with Gasteiger partial charge in [-0.1, -0.05) is 43.7 Å². The van der Waals surface area contributed by atoms with Gasteiger partial charge >= 0.3 is 0 Å². The standard InChI is InChI=1S/C17H24N2O/c1-5-13(3)14(4)19-17(20)16-11-12(2)8-9-15(16)7-6-10-18/h8-9,11,13-14H,5,10,18H2,1-4H3,(H,19,20). The van der Waals surface area contributed by atoms with Crippen molar-refractivity contribution >= 4 is 5.91 Å². The van der Waals surface area contributed by atoms with Gasteiger partial charge in [0, 0.05) is 11.6 Å². The van der Waals surface area contributed by atoms with Crippen LogP contribution >= 0.6 is 0 Å². The molecule has 3 N–H and O–H groups in total. The Labute approximate surface area is 121 Å². The van der Waals surface area contributed by atoms with Crippen LogP contribution in [0.3, 0.4) is 0 Å². The van der Waals surface area contributed by atoms with Gasteiger partial charge in [0.1, 0.15) is 0 Å². The molecule has 2 unspecified atom stereocenters. The molecule has 0 aliphatic rings. The molecule has 0 spiro atoms. The van der Waals surface area contributed by atoms with Gasteiger partial charge in [0.15, 0.2) is 0 Å². The minimum atomic E-state index is -0.0668. The fourth-order valence-corrected chi connectivity index (χ4v) is 1.88. The van der Waals surface area contributed by atoms with Gasteiger partial charge < -0.3 is 11.1 Å². The lowest BCUT2D eigenvalue weighted by atomic mass is 9.99. The Morgan fingerprint density at radius 1 is 1.40 bits per heavy atom. The summed E-state index contributed by atoms with van der Waals surface area (Å²) >= 11 is 0. The van der Waals surface area contributed by atoms with E-state index in [1.165, 1.54) is 0 Å². The Kier molecular flexibility index (Phi) is 6.27. The Hall–Kier alpha value is -1.79. The van der Waals surface area contributed by atoms with E-state index in [1.807, 2.05) is 32.0 Å². The average molecular weight is 272 g/mol. The van der Waals surface area contributed by atoms with Crippen molar-refractivity contribution in [3.05, 3.63) is 34.9 Å². The normalized spacial score (nSPS) is 13.1. The summed E-state index contributed by atoms with van der Waals surface area (Å²) in [7, 11) is 0. The van der Waals surface area contributed by atoms with E-state index in [1.54, 1.807) is 0 Å². The van der Waals surface area contributed by atoms with Crippen molar-refractivity contribution in [2.45, 2.75) is 40.2 Å². The number of amides is 1. The summed E-state index contributed by atoms with van der Waals surface area (Å²) in [6.07, 6.45) is 1.04. The van der Waals surface area contributed by atoms with Crippen LogP contribution in [0.15, 0.2) is 18.2 Å². The maximum Gasteiger partial charge on any atom is 0.252 e. The maximum absolute atomic E-state index is 12.4. The number of nitrogens with two attached hydrogens (primary N) is 1. The number of aryl methyl sites for hydroxylation is 1. The first-order valence-electron chi connectivity index (χ1n) is 7.10. The van der Waals surface area contributed by atoms with Crippen molar-refractivity contribution in [3.63, 3.8) is 0 Å². The molecule has 0 saturated carbocycles. The second kappa shape index (κ2) is 7.72. The van der Waals surface area contributed by atoms with Crippen molar-refractivity contribution in [2.75, 3.05) is 6.54 Å². The van der Waals surface area contributed by atoms with Crippen LogP contribution in [0, 0.1) is 24.7 Å². The van der Waals surface area contributed by atoms with Crippen molar-refractivity contribution in [3.8, 4) is 11.8 Å². The molecule has 1 rings (SSSR count). The lowest BCUT2D eigenvalue weighted by Gasteiger charge is -2.20. The predicted molar refractivity (Wildman–Crippen MR) is 83.5 cm³/mol. The molecular weight excluding hydrogens is 248 g/mol. The van der Waals surface area contributed by atoms with Crippen LogP contribution < -0.4 is 11.1 Å². The van der Waals surface area contributed by atoms with Crippen LogP contribution in [-0.2, 0) is 0 Å². The van der Waals surface area contributed by atoms with Crippen LogP contribution in [0.25, 0.3) is 0 Å². The third-order valence-corrected chi connectivity index (χ3v) is 3.60. The van der Waals surface area contributed by atoms with Crippen LogP contribution in [0.4, 0.5) is 0 Å². The van der Waals surface area contributed by atoms with Crippen LogP contribution in [-0.4, -0.2) is 18.5 Å². The number of nitrogens with one attached hydrogen (secondary N) is 1. The van der Waals surface area contributed by atoms with E-state index in [4.69, 9.17) is 5.73 Å². The Bertz CT molecular complexity index is 526. The Balaban J connectivity index is 2.99. The Morgan fingerprint density at radius 2 is 2.10 bits per heavy atom. The van der Waals surface area contributed by atoms with Gasteiger partial charge in [0.2, 0.25) is 0 Å². The smallest absolute Gasteiger partial charge is 0.252 e. The van der Waals surface area contributed by atoms with Crippen molar-refractivity contribution in [1.82, 2.24) is 5.32 Å². The average Bonchev–Trinajstić information content (AvgIpc) is 2.44. The molecule has 0 aliphatic carbocycles. The largest absolute Gasteiger partial charge is 0.349 e.